The van der Waals surface area contributed by atoms with E-state index in [2.05, 4.69) is 9.97 Å². The van der Waals surface area contributed by atoms with E-state index in [1.165, 1.54) is 31.6 Å². The molecule has 3 heterocycles. The molecule has 0 spiro atoms. The van der Waals surface area contributed by atoms with Gasteiger partial charge in [-0.2, -0.15) is 0 Å². The Labute approximate surface area is 186 Å². The molecule has 9 heteroatoms. The Hall–Kier alpha value is -4.40. The number of aromatic nitrogens is 2. The number of nitrogens with one attached hydrogen (secondary N) is 1. The molecule has 2 aromatic heterocycles. The number of rotatable bonds is 4. The van der Waals surface area contributed by atoms with Gasteiger partial charge in [0.25, 0.3) is 5.78 Å². The number of halogens is 1. The van der Waals surface area contributed by atoms with Crippen LogP contribution in [0.4, 0.5) is 10.3 Å². The van der Waals surface area contributed by atoms with Gasteiger partial charge < -0.3 is 19.2 Å². The Morgan fingerprint density at radius 2 is 2.03 bits per heavy atom. The number of ketones is 1. The van der Waals surface area contributed by atoms with E-state index in [9.17, 15) is 19.1 Å². The second-order valence-corrected chi connectivity index (χ2v) is 7.59. The summed E-state index contributed by atoms with van der Waals surface area (Å²) in [5.41, 5.74) is 1.65. The van der Waals surface area contributed by atoms with Crippen molar-refractivity contribution in [1.29, 1.82) is 0 Å². The molecule has 1 saturated heterocycles. The number of hydrogen-bond acceptors (Lipinski definition) is 6. The fourth-order valence-electron chi connectivity index (χ4n) is 4.02. The average Bonchev–Trinajstić information content (AvgIpc) is 3.52. The maximum absolute atomic E-state index is 13.7. The van der Waals surface area contributed by atoms with Gasteiger partial charge in [0, 0.05) is 5.56 Å². The van der Waals surface area contributed by atoms with Crippen LogP contribution in [0.3, 0.4) is 0 Å². The Morgan fingerprint density at radius 3 is 2.73 bits per heavy atom. The summed E-state index contributed by atoms with van der Waals surface area (Å²) in [5.74, 6) is -1.74. The van der Waals surface area contributed by atoms with Gasteiger partial charge >= 0.3 is 5.91 Å². The first kappa shape index (κ1) is 20.5. The van der Waals surface area contributed by atoms with Gasteiger partial charge in [0.2, 0.25) is 5.95 Å². The van der Waals surface area contributed by atoms with Gasteiger partial charge in [-0.15, -0.1) is 0 Å². The Kier molecular flexibility index (Phi) is 4.74. The van der Waals surface area contributed by atoms with Gasteiger partial charge in [-0.1, -0.05) is 0 Å². The van der Waals surface area contributed by atoms with Crippen LogP contribution in [0.1, 0.15) is 22.9 Å². The molecule has 0 radical (unpaired) electrons. The first-order valence-electron chi connectivity index (χ1n) is 10.0. The van der Waals surface area contributed by atoms with Crippen molar-refractivity contribution in [2.45, 2.75) is 13.0 Å². The number of benzene rings is 2. The number of hydrogen-bond donors (Lipinski definition) is 2. The second kappa shape index (κ2) is 7.63. The molecule has 2 aromatic carbocycles. The number of aromatic amines is 1. The van der Waals surface area contributed by atoms with E-state index in [1.54, 1.807) is 37.3 Å². The highest BCUT2D eigenvalue weighted by atomic mass is 19.1. The predicted molar refractivity (Wildman–Crippen MR) is 117 cm³/mol. The number of methoxy groups -OCH3 is 1. The lowest BCUT2D eigenvalue weighted by Crippen LogP contribution is -2.30. The van der Waals surface area contributed by atoms with Crippen LogP contribution in [0, 0.1) is 12.7 Å². The van der Waals surface area contributed by atoms with Gasteiger partial charge in [0.15, 0.2) is 0 Å². The summed E-state index contributed by atoms with van der Waals surface area (Å²) in [4.78, 5) is 34.6. The van der Waals surface area contributed by atoms with Gasteiger partial charge in [0.05, 0.1) is 30.0 Å². The fraction of sp³-hybridized carbons (Fsp3) is 0.125. The van der Waals surface area contributed by atoms with Crippen LogP contribution >= 0.6 is 0 Å². The van der Waals surface area contributed by atoms with Crippen molar-refractivity contribution in [2.24, 2.45) is 0 Å². The molecule has 2 N–H and O–H groups in total. The predicted octanol–water partition coefficient (Wildman–Crippen LogP) is 4.24. The van der Waals surface area contributed by atoms with E-state index in [1.807, 2.05) is 0 Å². The number of anilines is 1. The van der Waals surface area contributed by atoms with Gasteiger partial charge in [-0.3, -0.25) is 14.5 Å². The number of aliphatic hydroxyl groups excluding tert-OH is 1. The SMILES string of the molecule is COc1ccc(/C(O)=C2\C(=O)C(=O)N(c3nc4ccc(F)cc4[nH]3)C2c2ccco2)c(C)c1. The smallest absolute Gasteiger partial charge is 0.302 e. The zero-order valence-electron chi connectivity index (χ0n) is 17.6. The van der Waals surface area contributed by atoms with E-state index in [0.717, 1.165) is 4.90 Å². The number of aliphatic hydroxyl groups is 1. The zero-order valence-corrected chi connectivity index (χ0v) is 17.6. The minimum Gasteiger partial charge on any atom is -0.507 e. The van der Waals surface area contributed by atoms with Gasteiger partial charge in [0.1, 0.15) is 29.1 Å². The molecular weight excluding hydrogens is 429 g/mol. The number of Topliss-reactive ketones (excluding diaryl/α,β-unsaturated/α-hetero) is 1. The fourth-order valence-corrected chi connectivity index (χ4v) is 4.02. The number of nitrogens with zero attached hydrogens (tertiary/aromatic N) is 2. The van der Waals surface area contributed by atoms with Crippen molar-refractivity contribution in [2.75, 3.05) is 12.0 Å². The summed E-state index contributed by atoms with van der Waals surface area (Å²) < 4.78 is 24.4. The van der Waals surface area contributed by atoms with Crippen molar-refractivity contribution >= 4 is 34.4 Å². The number of ether oxygens (including phenoxy) is 1. The van der Waals surface area contributed by atoms with Crippen LogP contribution in [-0.2, 0) is 9.59 Å². The standard InChI is InChI=1S/C24H18FN3O5/c1-12-10-14(32-2)6-7-15(12)21(29)19-20(18-4-3-9-33-18)28(23(31)22(19)30)24-26-16-8-5-13(25)11-17(16)27-24/h3-11,20,29H,1-2H3,(H,26,27)/b21-19+. The minimum atomic E-state index is -1.08. The molecule has 166 valence electrons. The van der Waals surface area contributed by atoms with Crippen molar-refractivity contribution in [3.05, 3.63) is 83.1 Å². The van der Waals surface area contributed by atoms with E-state index >= 15 is 0 Å². The number of aryl methyl sites for hydroxylation is 1. The first-order chi connectivity index (χ1) is 15.9. The molecule has 1 unspecified atom stereocenters. The number of fused-ring (bicyclic) bond motifs is 1. The average molecular weight is 447 g/mol. The molecule has 33 heavy (non-hydrogen) atoms. The normalized spacial score (nSPS) is 17.8. The van der Waals surface area contributed by atoms with E-state index in [-0.39, 0.29) is 23.0 Å². The number of furan rings is 1. The quantitative estimate of drug-likeness (QED) is 0.275. The molecule has 1 amide bonds. The summed E-state index contributed by atoms with van der Waals surface area (Å²) in [6.07, 6.45) is 1.40. The van der Waals surface area contributed by atoms with Gasteiger partial charge in [-0.25, -0.2) is 9.37 Å². The maximum Gasteiger partial charge on any atom is 0.302 e. The molecule has 1 fully saturated rings. The van der Waals surface area contributed by atoms with Crippen LogP contribution in [-0.4, -0.2) is 33.9 Å². The lowest BCUT2D eigenvalue weighted by molar-refractivity contribution is -0.132. The Balaban J connectivity index is 1.71. The topological polar surface area (TPSA) is 109 Å². The largest absolute Gasteiger partial charge is 0.507 e. The minimum absolute atomic E-state index is 0.0320. The number of carbonyl (C=O) groups is 2. The van der Waals surface area contributed by atoms with Crippen LogP contribution in [0.5, 0.6) is 5.75 Å². The summed E-state index contributed by atoms with van der Waals surface area (Å²) in [7, 11) is 1.52. The first-order valence-corrected chi connectivity index (χ1v) is 10.0. The molecule has 1 atom stereocenters. The maximum atomic E-state index is 13.7. The molecule has 4 aromatic rings. The molecule has 5 rings (SSSR count). The zero-order chi connectivity index (χ0) is 23.3. The van der Waals surface area contributed by atoms with Crippen molar-refractivity contribution in [1.82, 2.24) is 9.97 Å². The highest BCUT2D eigenvalue weighted by Crippen LogP contribution is 2.42. The van der Waals surface area contributed by atoms with Crippen LogP contribution < -0.4 is 9.64 Å². The Bertz CT molecular complexity index is 1440. The molecule has 0 aliphatic carbocycles. The van der Waals surface area contributed by atoms with E-state index < -0.39 is 23.5 Å². The lowest BCUT2D eigenvalue weighted by atomic mass is 9.97. The third-order valence-electron chi connectivity index (χ3n) is 5.61. The third-order valence-corrected chi connectivity index (χ3v) is 5.61. The van der Waals surface area contributed by atoms with Crippen molar-refractivity contribution in [3.63, 3.8) is 0 Å². The molecule has 1 aliphatic heterocycles. The monoisotopic (exact) mass is 447 g/mol. The van der Waals surface area contributed by atoms with Crippen molar-refractivity contribution < 1.29 is 28.2 Å². The lowest BCUT2D eigenvalue weighted by Gasteiger charge is -2.20. The molecule has 0 saturated carbocycles. The molecular formula is C24H18FN3O5. The number of imidazole rings is 1. The summed E-state index contributed by atoms with van der Waals surface area (Å²) in [5, 5.41) is 11.2. The highest BCUT2D eigenvalue weighted by Gasteiger charge is 2.49. The summed E-state index contributed by atoms with van der Waals surface area (Å²) >= 11 is 0. The number of amides is 1. The molecule has 1 aliphatic rings. The number of carbonyl (C=O) groups excluding carboxylic acids is 2. The Morgan fingerprint density at radius 1 is 1.21 bits per heavy atom. The summed E-state index contributed by atoms with van der Waals surface area (Å²) in [6.45, 7) is 1.75. The van der Waals surface area contributed by atoms with Crippen LogP contribution in [0.25, 0.3) is 16.8 Å². The summed E-state index contributed by atoms with van der Waals surface area (Å²) in [6, 6.07) is 11.1. The molecule has 0 bridgehead atoms. The highest BCUT2D eigenvalue weighted by molar-refractivity contribution is 6.51. The van der Waals surface area contributed by atoms with E-state index in [4.69, 9.17) is 9.15 Å². The number of H-pyrrole nitrogens is 1. The van der Waals surface area contributed by atoms with Crippen LogP contribution in [0.15, 0.2) is 64.8 Å². The molecule has 8 nitrogen and oxygen atoms in total. The van der Waals surface area contributed by atoms with Crippen LogP contribution in [0.2, 0.25) is 0 Å². The third kappa shape index (κ3) is 3.25. The second-order valence-electron chi connectivity index (χ2n) is 7.59. The van der Waals surface area contributed by atoms with E-state index in [0.29, 0.717) is 27.9 Å². The van der Waals surface area contributed by atoms with Crippen molar-refractivity contribution in [3.8, 4) is 5.75 Å². The van der Waals surface area contributed by atoms with Gasteiger partial charge in [-0.05, 0) is 61.0 Å².